The molecule has 0 heterocycles. The molecule has 0 bridgehead atoms. The van der Waals surface area contributed by atoms with Crippen molar-refractivity contribution in [2.75, 3.05) is 39.6 Å². The van der Waals surface area contributed by atoms with Crippen molar-refractivity contribution in [1.82, 2.24) is 0 Å². The number of carbonyl (C=O) groups excluding carboxylic acids is 4. The molecule has 0 aliphatic carbocycles. The zero-order valence-corrected chi connectivity index (χ0v) is 75.5. The Morgan fingerprint density at radius 3 is 0.527 bits per heavy atom. The molecular formula is C93H182O17P2. The van der Waals surface area contributed by atoms with Gasteiger partial charge in [0.2, 0.25) is 0 Å². The summed E-state index contributed by atoms with van der Waals surface area (Å²) < 4.78 is 69.1. The van der Waals surface area contributed by atoms with Crippen molar-refractivity contribution in [3.63, 3.8) is 0 Å². The van der Waals surface area contributed by atoms with Crippen LogP contribution in [0.1, 0.15) is 516 Å². The number of carbonyl (C=O) groups is 4. The molecule has 0 aromatic heterocycles. The highest BCUT2D eigenvalue weighted by molar-refractivity contribution is 7.47. The van der Waals surface area contributed by atoms with Crippen LogP contribution in [0.25, 0.3) is 0 Å². The number of esters is 4. The van der Waals surface area contributed by atoms with Crippen molar-refractivity contribution in [2.45, 2.75) is 534 Å². The molecule has 0 amide bonds. The van der Waals surface area contributed by atoms with Crippen molar-refractivity contribution < 1.29 is 80.2 Å². The summed E-state index contributed by atoms with van der Waals surface area (Å²) in [6.45, 7) is 5.09. The second kappa shape index (κ2) is 86.9. The first-order chi connectivity index (χ1) is 54.7. The summed E-state index contributed by atoms with van der Waals surface area (Å²) in [5.74, 6) is -2.09. The first-order valence-electron chi connectivity index (χ1n) is 48.3. The zero-order valence-electron chi connectivity index (χ0n) is 73.7. The van der Waals surface area contributed by atoms with E-state index in [1.807, 2.05) is 0 Å². The van der Waals surface area contributed by atoms with Crippen molar-refractivity contribution in [2.24, 2.45) is 0 Å². The molecule has 19 heteroatoms. The van der Waals surface area contributed by atoms with E-state index in [4.69, 9.17) is 37.0 Å². The second-order valence-electron chi connectivity index (χ2n) is 33.4. The number of phosphoric acid groups is 2. The van der Waals surface area contributed by atoms with Crippen LogP contribution >= 0.6 is 15.6 Å². The molecule has 0 aromatic rings. The van der Waals surface area contributed by atoms with Crippen molar-refractivity contribution in [3.05, 3.63) is 0 Å². The first kappa shape index (κ1) is 110. The van der Waals surface area contributed by atoms with Gasteiger partial charge in [-0.25, -0.2) is 9.13 Å². The van der Waals surface area contributed by atoms with Gasteiger partial charge in [0, 0.05) is 25.7 Å². The summed E-state index contributed by atoms with van der Waals surface area (Å²) in [6.07, 6.45) is 84.9. The molecule has 0 saturated carbocycles. The minimum atomic E-state index is -4.97. The average Bonchev–Trinajstić information content (AvgIpc) is 0.900. The minimum absolute atomic E-state index is 0.110. The zero-order chi connectivity index (χ0) is 81.7. The number of aliphatic hydroxyl groups is 1. The van der Waals surface area contributed by atoms with Gasteiger partial charge in [-0.15, -0.1) is 0 Å². The molecule has 0 aliphatic rings. The second-order valence-corrected chi connectivity index (χ2v) is 36.3. The lowest BCUT2D eigenvalue weighted by atomic mass is 10.0. The van der Waals surface area contributed by atoms with E-state index in [2.05, 4.69) is 27.7 Å². The largest absolute Gasteiger partial charge is 0.472 e. The Bertz CT molecular complexity index is 2100. The van der Waals surface area contributed by atoms with Crippen molar-refractivity contribution in [1.29, 1.82) is 0 Å². The lowest BCUT2D eigenvalue weighted by Gasteiger charge is -2.21. The van der Waals surface area contributed by atoms with E-state index in [0.717, 1.165) is 89.9 Å². The highest BCUT2D eigenvalue weighted by Gasteiger charge is 2.31. The van der Waals surface area contributed by atoms with Gasteiger partial charge < -0.3 is 33.8 Å². The lowest BCUT2D eigenvalue weighted by molar-refractivity contribution is -0.161. The fourth-order valence-electron chi connectivity index (χ4n) is 14.8. The molecule has 3 N–H and O–H groups in total. The standard InChI is InChI=1S/C93H182O17P2/c1-5-9-13-17-21-25-29-32-35-38-41-43-44-47-50-53-56-60-64-68-72-76-80-93(98)110-89(84-104-91(96)78-74-70-66-62-58-54-51-48-46-42-39-36-33-30-26-22-18-14-10-6-2)86-108-112(101,102)106-82-87(94)81-105-111(99,100)107-85-88(83-103-90(95)77-73-69-65-61-57-28-24-20-16-12-8-4)109-92(97)79-75-71-67-63-59-55-52-49-45-40-37-34-31-27-23-19-15-11-7-3/h87-89,94H,5-86H2,1-4H3,(H,99,100)(H,101,102)/t87-,88+,89+/m0/s1. The maximum atomic E-state index is 13.2. The molecule has 17 nitrogen and oxygen atoms in total. The maximum Gasteiger partial charge on any atom is 0.472 e. The van der Waals surface area contributed by atoms with Crippen molar-refractivity contribution in [3.8, 4) is 0 Å². The predicted octanol–water partition coefficient (Wildman–Crippen LogP) is 29.3. The summed E-state index contributed by atoms with van der Waals surface area (Å²) in [5.41, 5.74) is 0. The molecule has 112 heavy (non-hydrogen) atoms. The third-order valence-electron chi connectivity index (χ3n) is 22.1. The summed E-state index contributed by atoms with van der Waals surface area (Å²) in [4.78, 5) is 73.5. The van der Waals surface area contributed by atoms with Crippen LogP contribution in [-0.4, -0.2) is 96.7 Å². The Kier molecular flexibility index (Phi) is 85.4. The van der Waals surface area contributed by atoms with Gasteiger partial charge in [0.15, 0.2) is 12.2 Å². The smallest absolute Gasteiger partial charge is 0.462 e. The number of rotatable bonds is 94. The summed E-state index contributed by atoms with van der Waals surface area (Å²) >= 11 is 0. The van der Waals surface area contributed by atoms with Gasteiger partial charge in [-0.1, -0.05) is 464 Å². The number of hydrogen-bond donors (Lipinski definition) is 3. The van der Waals surface area contributed by atoms with Gasteiger partial charge >= 0.3 is 39.5 Å². The first-order valence-corrected chi connectivity index (χ1v) is 51.3. The number of hydrogen-bond acceptors (Lipinski definition) is 15. The molecule has 0 spiro atoms. The van der Waals surface area contributed by atoms with E-state index in [0.29, 0.717) is 25.7 Å². The van der Waals surface area contributed by atoms with Crippen LogP contribution in [0.4, 0.5) is 0 Å². The predicted molar refractivity (Wildman–Crippen MR) is 465 cm³/mol. The molecule has 0 aromatic carbocycles. The molecule has 666 valence electrons. The molecule has 5 atom stereocenters. The van der Waals surface area contributed by atoms with E-state index in [-0.39, 0.29) is 25.7 Å². The van der Waals surface area contributed by atoms with E-state index in [1.54, 1.807) is 0 Å². The van der Waals surface area contributed by atoms with Crippen LogP contribution in [0, 0.1) is 0 Å². The Morgan fingerprint density at radius 1 is 0.214 bits per heavy atom. The van der Waals surface area contributed by atoms with Gasteiger partial charge in [0.25, 0.3) is 0 Å². The minimum Gasteiger partial charge on any atom is -0.462 e. The number of phosphoric ester groups is 2. The van der Waals surface area contributed by atoms with Crippen LogP contribution in [-0.2, 0) is 65.4 Å². The maximum absolute atomic E-state index is 13.2. The summed E-state index contributed by atoms with van der Waals surface area (Å²) in [6, 6.07) is 0. The molecule has 0 radical (unpaired) electrons. The molecule has 2 unspecified atom stereocenters. The Labute approximate surface area is 689 Å². The third kappa shape index (κ3) is 85.9. The molecule has 0 aliphatic heterocycles. The van der Waals surface area contributed by atoms with Gasteiger partial charge in [0.1, 0.15) is 19.3 Å². The van der Waals surface area contributed by atoms with Crippen LogP contribution < -0.4 is 0 Å². The van der Waals surface area contributed by atoms with Crippen LogP contribution in [0.15, 0.2) is 0 Å². The highest BCUT2D eigenvalue weighted by Crippen LogP contribution is 2.45. The van der Waals surface area contributed by atoms with Gasteiger partial charge in [-0.3, -0.25) is 37.3 Å². The van der Waals surface area contributed by atoms with Crippen LogP contribution in [0.5, 0.6) is 0 Å². The third-order valence-corrected chi connectivity index (χ3v) is 24.0. The van der Waals surface area contributed by atoms with E-state index in [1.165, 1.54) is 347 Å². The average molecular weight is 1630 g/mol. The molecule has 0 fully saturated rings. The molecule has 0 rings (SSSR count). The van der Waals surface area contributed by atoms with E-state index in [9.17, 15) is 43.2 Å². The molecule has 0 saturated heterocycles. The Morgan fingerprint density at radius 2 is 0.357 bits per heavy atom. The highest BCUT2D eigenvalue weighted by atomic mass is 31.2. The van der Waals surface area contributed by atoms with E-state index >= 15 is 0 Å². The van der Waals surface area contributed by atoms with E-state index < -0.39 is 97.5 Å². The van der Waals surface area contributed by atoms with Gasteiger partial charge in [-0.05, 0) is 25.7 Å². The Balaban J connectivity index is 5.22. The topological polar surface area (TPSA) is 237 Å². The fourth-order valence-corrected chi connectivity index (χ4v) is 16.3. The SMILES string of the molecule is CCCCCCCCCCCCCCCCCCCCCCCCC(=O)O[C@H](COC(=O)CCCCCCCCCCCCCCCCCCCCCC)COP(=O)(O)OC[C@@H](O)COP(=O)(O)OC[C@@H](COC(=O)CCCCCCCCCCCCC)OC(=O)CCCCCCCCCCCCCCCCCCCCC. The van der Waals surface area contributed by atoms with Crippen molar-refractivity contribution >= 4 is 39.5 Å². The van der Waals surface area contributed by atoms with Crippen LogP contribution in [0.2, 0.25) is 0 Å². The van der Waals surface area contributed by atoms with Crippen LogP contribution in [0.3, 0.4) is 0 Å². The number of unbranched alkanes of at least 4 members (excludes halogenated alkanes) is 68. The summed E-state index contributed by atoms with van der Waals surface area (Å²) in [5, 5.41) is 10.7. The van der Waals surface area contributed by atoms with Gasteiger partial charge in [0.05, 0.1) is 26.4 Å². The fraction of sp³-hybridized carbons (Fsp3) is 0.957. The van der Waals surface area contributed by atoms with Gasteiger partial charge in [-0.2, -0.15) is 0 Å². The number of aliphatic hydroxyl groups excluding tert-OH is 1. The monoisotopic (exact) mass is 1630 g/mol. The Hall–Kier alpha value is -1.94. The molecular weight excluding hydrogens is 1450 g/mol. The lowest BCUT2D eigenvalue weighted by Crippen LogP contribution is -2.30. The quantitative estimate of drug-likeness (QED) is 0.0222. The number of ether oxygens (including phenoxy) is 4. The normalized spacial score (nSPS) is 13.6. The summed E-state index contributed by atoms with van der Waals surface area (Å²) in [7, 11) is -9.94.